The first kappa shape index (κ1) is 17.5. The summed E-state index contributed by atoms with van der Waals surface area (Å²) in [5, 5.41) is 8.37. The van der Waals surface area contributed by atoms with Gasteiger partial charge in [0, 0.05) is 22.2 Å². The van der Waals surface area contributed by atoms with Crippen molar-refractivity contribution in [2.24, 2.45) is 0 Å². The van der Waals surface area contributed by atoms with Gasteiger partial charge < -0.3 is 5.32 Å². The van der Waals surface area contributed by atoms with Crippen LogP contribution in [0, 0.1) is 0 Å². The average molecular weight is 375 g/mol. The van der Waals surface area contributed by atoms with Gasteiger partial charge in [-0.1, -0.05) is 42.3 Å². The van der Waals surface area contributed by atoms with Crippen LogP contribution in [0.2, 0.25) is 10.0 Å². The minimum absolute atomic E-state index is 0.110. The van der Waals surface area contributed by atoms with Crippen molar-refractivity contribution in [3.8, 4) is 17.1 Å². The molecule has 25 heavy (non-hydrogen) atoms. The Bertz CT molecular complexity index is 890. The first-order chi connectivity index (χ1) is 12.1. The Morgan fingerprint density at radius 1 is 1.12 bits per heavy atom. The van der Waals surface area contributed by atoms with Gasteiger partial charge in [0.25, 0.3) is 5.91 Å². The Kier molecular flexibility index (Phi) is 5.36. The van der Waals surface area contributed by atoms with Crippen LogP contribution in [0.4, 0.5) is 0 Å². The molecule has 128 valence electrons. The Balaban J connectivity index is 2.09. The van der Waals surface area contributed by atoms with Crippen LogP contribution in [-0.4, -0.2) is 27.2 Å². The zero-order valence-corrected chi connectivity index (χ0v) is 15.1. The molecule has 3 rings (SSSR count). The third kappa shape index (κ3) is 4.00. The molecule has 3 aromatic rings. The maximum absolute atomic E-state index is 12.3. The van der Waals surface area contributed by atoms with Crippen LogP contribution in [0.15, 0.2) is 48.5 Å². The fourth-order valence-electron chi connectivity index (χ4n) is 2.30. The van der Waals surface area contributed by atoms with Crippen molar-refractivity contribution in [1.82, 2.24) is 20.1 Å². The van der Waals surface area contributed by atoms with Crippen molar-refractivity contribution in [1.29, 1.82) is 0 Å². The lowest BCUT2D eigenvalue weighted by Gasteiger charge is -2.06. The second-order valence-corrected chi connectivity index (χ2v) is 6.29. The summed E-state index contributed by atoms with van der Waals surface area (Å²) < 4.78 is 1.61. The van der Waals surface area contributed by atoms with Crippen LogP contribution in [0.5, 0.6) is 0 Å². The molecule has 0 spiro atoms. The van der Waals surface area contributed by atoms with Gasteiger partial charge in [-0.3, -0.25) is 4.79 Å². The molecule has 1 N–H and O–H groups in total. The number of nitrogens with one attached hydrogen (secondary N) is 1. The molecule has 0 aliphatic rings. The minimum atomic E-state index is -0.308. The second-order valence-electron chi connectivity index (χ2n) is 5.41. The number of amides is 1. The van der Waals surface area contributed by atoms with Crippen LogP contribution < -0.4 is 5.32 Å². The lowest BCUT2D eigenvalue weighted by Crippen LogP contribution is -2.25. The third-order valence-electron chi connectivity index (χ3n) is 3.50. The largest absolute Gasteiger partial charge is 0.349 e. The highest BCUT2D eigenvalue weighted by Crippen LogP contribution is 2.24. The lowest BCUT2D eigenvalue weighted by molar-refractivity contribution is 0.0943. The van der Waals surface area contributed by atoms with E-state index in [1.54, 1.807) is 28.9 Å². The highest BCUT2D eigenvalue weighted by Gasteiger charge is 2.18. The molecule has 0 saturated heterocycles. The van der Waals surface area contributed by atoms with Crippen LogP contribution in [0.3, 0.4) is 0 Å². The summed E-state index contributed by atoms with van der Waals surface area (Å²) in [7, 11) is 0. The number of rotatable bonds is 5. The summed E-state index contributed by atoms with van der Waals surface area (Å²) in [4.78, 5) is 16.7. The van der Waals surface area contributed by atoms with E-state index in [9.17, 15) is 4.79 Å². The smallest absolute Gasteiger partial charge is 0.290 e. The molecule has 5 nitrogen and oxygen atoms in total. The normalized spacial score (nSPS) is 10.7. The molecule has 0 fully saturated rings. The van der Waals surface area contributed by atoms with Gasteiger partial charge in [0.05, 0.1) is 5.69 Å². The summed E-state index contributed by atoms with van der Waals surface area (Å²) in [6, 6.07) is 14.4. The molecule has 7 heteroatoms. The molecule has 0 radical (unpaired) electrons. The quantitative estimate of drug-likeness (QED) is 0.720. The predicted molar refractivity (Wildman–Crippen MR) is 99.4 cm³/mol. The molecule has 0 unspecified atom stereocenters. The number of hydrogen-bond donors (Lipinski definition) is 1. The van der Waals surface area contributed by atoms with E-state index in [-0.39, 0.29) is 11.7 Å². The van der Waals surface area contributed by atoms with Crippen molar-refractivity contribution >= 4 is 29.1 Å². The fraction of sp³-hybridized carbons (Fsp3) is 0.167. The number of carbonyl (C=O) groups is 1. The fourth-order valence-corrected chi connectivity index (χ4v) is 2.62. The first-order valence-electron chi connectivity index (χ1n) is 7.85. The molecule has 2 aromatic carbocycles. The molecule has 1 amide bonds. The molecule has 0 aliphatic carbocycles. The summed E-state index contributed by atoms with van der Waals surface area (Å²) in [6.07, 6.45) is 0.838. The Morgan fingerprint density at radius 2 is 1.88 bits per heavy atom. The van der Waals surface area contributed by atoms with Gasteiger partial charge in [0.2, 0.25) is 5.82 Å². The molecule has 1 heterocycles. The molecular weight excluding hydrogens is 359 g/mol. The van der Waals surface area contributed by atoms with Crippen LogP contribution in [-0.2, 0) is 0 Å². The van der Waals surface area contributed by atoms with Gasteiger partial charge in [0.1, 0.15) is 0 Å². The zero-order valence-electron chi connectivity index (χ0n) is 13.5. The zero-order chi connectivity index (χ0) is 17.8. The first-order valence-corrected chi connectivity index (χ1v) is 8.61. The van der Waals surface area contributed by atoms with E-state index in [1.807, 2.05) is 31.2 Å². The van der Waals surface area contributed by atoms with Crippen LogP contribution >= 0.6 is 23.2 Å². The molecule has 1 aromatic heterocycles. The van der Waals surface area contributed by atoms with E-state index in [0.717, 1.165) is 17.7 Å². The Hall–Kier alpha value is -2.37. The number of nitrogens with zero attached hydrogens (tertiary/aromatic N) is 3. The van der Waals surface area contributed by atoms with Gasteiger partial charge in [-0.15, -0.1) is 5.10 Å². The van der Waals surface area contributed by atoms with E-state index in [4.69, 9.17) is 23.2 Å². The number of benzene rings is 2. The number of hydrogen-bond acceptors (Lipinski definition) is 3. The second kappa shape index (κ2) is 7.68. The average Bonchev–Trinajstić information content (AvgIpc) is 3.06. The predicted octanol–water partition coefficient (Wildman–Crippen LogP) is 4.38. The number of halogens is 2. The Morgan fingerprint density at radius 3 is 2.56 bits per heavy atom. The van der Waals surface area contributed by atoms with Crippen molar-refractivity contribution in [2.45, 2.75) is 13.3 Å². The van der Waals surface area contributed by atoms with Gasteiger partial charge in [-0.05, 0) is 42.8 Å². The summed E-state index contributed by atoms with van der Waals surface area (Å²) >= 11 is 12.1. The molecule has 0 bridgehead atoms. The topological polar surface area (TPSA) is 59.8 Å². The standard InChI is InChI=1S/C18H16Cl2N4O/c1-2-10-21-18(25)16-22-17(12-4-3-5-14(20)11-12)24(23-16)15-8-6-13(19)7-9-15/h3-9,11H,2,10H2,1H3,(H,21,25). The van der Waals surface area contributed by atoms with Crippen molar-refractivity contribution in [3.63, 3.8) is 0 Å². The van der Waals surface area contributed by atoms with Gasteiger partial charge in [-0.25, -0.2) is 9.67 Å². The summed E-state index contributed by atoms with van der Waals surface area (Å²) in [5.74, 6) is 0.336. The van der Waals surface area contributed by atoms with Crippen molar-refractivity contribution < 1.29 is 4.79 Å². The van der Waals surface area contributed by atoms with Crippen molar-refractivity contribution in [3.05, 3.63) is 64.4 Å². The minimum Gasteiger partial charge on any atom is -0.349 e. The van der Waals surface area contributed by atoms with E-state index in [0.29, 0.717) is 22.4 Å². The number of aromatic nitrogens is 3. The monoisotopic (exact) mass is 374 g/mol. The highest BCUT2D eigenvalue weighted by atomic mass is 35.5. The lowest BCUT2D eigenvalue weighted by atomic mass is 10.2. The van der Waals surface area contributed by atoms with Crippen molar-refractivity contribution in [2.75, 3.05) is 6.54 Å². The Labute approximate surface area is 155 Å². The van der Waals surface area contributed by atoms with E-state index < -0.39 is 0 Å². The maximum atomic E-state index is 12.3. The van der Waals surface area contributed by atoms with E-state index in [1.165, 1.54) is 0 Å². The highest BCUT2D eigenvalue weighted by molar-refractivity contribution is 6.31. The van der Waals surface area contributed by atoms with Crippen LogP contribution in [0.25, 0.3) is 17.1 Å². The van der Waals surface area contributed by atoms with E-state index >= 15 is 0 Å². The summed E-state index contributed by atoms with van der Waals surface area (Å²) in [6.45, 7) is 2.55. The molecular formula is C18H16Cl2N4O. The number of carbonyl (C=O) groups excluding carboxylic acids is 1. The summed E-state index contributed by atoms with van der Waals surface area (Å²) in [5.41, 5.74) is 1.52. The SMILES string of the molecule is CCCNC(=O)c1nc(-c2cccc(Cl)c2)n(-c2ccc(Cl)cc2)n1. The van der Waals surface area contributed by atoms with Gasteiger partial charge >= 0.3 is 0 Å². The molecule has 0 aliphatic heterocycles. The van der Waals surface area contributed by atoms with E-state index in [2.05, 4.69) is 15.4 Å². The molecule has 0 saturated carbocycles. The maximum Gasteiger partial charge on any atom is 0.290 e. The third-order valence-corrected chi connectivity index (χ3v) is 3.99. The van der Waals surface area contributed by atoms with Crippen LogP contribution in [0.1, 0.15) is 24.0 Å². The van der Waals surface area contributed by atoms with Gasteiger partial charge in [-0.2, -0.15) is 0 Å². The van der Waals surface area contributed by atoms with Gasteiger partial charge in [0.15, 0.2) is 5.82 Å². The molecule has 0 atom stereocenters.